The lowest BCUT2D eigenvalue weighted by atomic mass is 10.2. The third kappa shape index (κ3) is 3.90. The predicted octanol–water partition coefficient (Wildman–Crippen LogP) is 2.35. The normalized spacial score (nSPS) is 16.7. The topological polar surface area (TPSA) is 41.0 Å². The van der Waals surface area contributed by atoms with Gasteiger partial charge in [0, 0.05) is 37.3 Å². The van der Waals surface area contributed by atoms with Gasteiger partial charge in [-0.3, -0.25) is 0 Å². The number of aromatic nitrogens is 2. The first-order valence-electron chi connectivity index (χ1n) is 7.54. The summed E-state index contributed by atoms with van der Waals surface area (Å²) in [6, 6.07) is 2.18. The minimum Gasteiger partial charge on any atom is -0.355 e. The summed E-state index contributed by atoms with van der Waals surface area (Å²) in [5.74, 6) is 2.49. The molecular formula is C15H26N4. The highest BCUT2D eigenvalue weighted by atomic mass is 15.2. The Morgan fingerprint density at radius 1 is 1.26 bits per heavy atom. The second-order valence-corrected chi connectivity index (χ2v) is 5.57. The van der Waals surface area contributed by atoms with Crippen molar-refractivity contribution in [3.8, 4) is 0 Å². The molecule has 4 heteroatoms. The lowest BCUT2D eigenvalue weighted by Gasteiger charge is -2.22. The van der Waals surface area contributed by atoms with Gasteiger partial charge in [0.05, 0.1) is 0 Å². The first-order valence-corrected chi connectivity index (χ1v) is 7.54. The number of hydrogen-bond acceptors (Lipinski definition) is 4. The molecule has 2 heterocycles. The Bertz CT molecular complexity index is 395. The molecule has 1 saturated heterocycles. The highest BCUT2D eigenvalue weighted by Crippen LogP contribution is 2.19. The zero-order valence-electron chi connectivity index (χ0n) is 12.4. The monoisotopic (exact) mass is 262 g/mol. The molecule has 0 spiro atoms. The van der Waals surface area contributed by atoms with Crippen molar-refractivity contribution in [3.63, 3.8) is 0 Å². The zero-order chi connectivity index (χ0) is 13.7. The van der Waals surface area contributed by atoms with Gasteiger partial charge in [-0.2, -0.15) is 0 Å². The van der Waals surface area contributed by atoms with Crippen LogP contribution in [0.25, 0.3) is 0 Å². The number of aryl methyl sites for hydroxylation is 1. The Morgan fingerprint density at radius 3 is 2.84 bits per heavy atom. The Balaban J connectivity index is 2.26. The predicted molar refractivity (Wildman–Crippen MR) is 79.8 cm³/mol. The fraction of sp³-hybridized carbons (Fsp3) is 0.733. The van der Waals surface area contributed by atoms with Crippen LogP contribution < -0.4 is 10.2 Å². The Morgan fingerprint density at radius 2 is 2.11 bits per heavy atom. The van der Waals surface area contributed by atoms with E-state index in [1.54, 1.807) is 0 Å². The van der Waals surface area contributed by atoms with Gasteiger partial charge in [-0.15, -0.1) is 0 Å². The van der Waals surface area contributed by atoms with Crippen LogP contribution in [0.2, 0.25) is 0 Å². The number of rotatable bonds is 4. The summed E-state index contributed by atoms with van der Waals surface area (Å²) in [7, 11) is 0. The van der Waals surface area contributed by atoms with Gasteiger partial charge < -0.3 is 10.2 Å². The van der Waals surface area contributed by atoms with Gasteiger partial charge in [-0.1, -0.05) is 27.2 Å². The quantitative estimate of drug-likeness (QED) is 0.904. The molecule has 1 aliphatic heterocycles. The molecule has 1 aromatic heterocycles. The van der Waals surface area contributed by atoms with Gasteiger partial charge in [-0.25, -0.2) is 9.97 Å². The van der Waals surface area contributed by atoms with E-state index >= 15 is 0 Å². The van der Waals surface area contributed by atoms with Gasteiger partial charge in [0.25, 0.3) is 0 Å². The van der Waals surface area contributed by atoms with Crippen LogP contribution in [0.1, 0.15) is 51.0 Å². The van der Waals surface area contributed by atoms with Crippen molar-refractivity contribution >= 4 is 5.82 Å². The summed E-state index contributed by atoms with van der Waals surface area (Å²) >= 11 is 0. The second kappa shape index (κ2) is 6.85. The van der Waals surface area contributed by atoms with Crippen molar-refractivity contribution < 1.29 is 0 Å². The van der Waals surface area contributed by atoms with E-state index < -0.39 is 0 Å². The zero-order valence-corrected chi connectivity index (χ0v) is 12.4. The maximum absolute atomic E-state index is 4.77. The molecule has 0 unspecified atom stereocenters. The molecule has 0 aromatic carbocycles. The molecule has 0 bridgehead atoms. The third-order valence-corrected chi connectivity index (χ3v) is 3.47. The minimum absolute atomic E-state index is 0.389. The number of hydrogen-bond donors (Lipinski definition) is 1. The molecule has 106 valence electrons. The third-order valence-electron chi connectivity index (χ3n) is 3.47. The number of nitrogens with one attached hydrogen (secondary N) is 1. The number of anilines is 1. The van der Waals surface area contributed by atoms with Gasteiger partial charge in [-0.05, 0) is 19.4 Å². The molecule has 0 radical (unpaired) electrons. The molecule has 1 fully saturated rings. The van der Waals surface area contributed by atoms with Crippen LogP contribution in [0.15, 0.2) is 6.07 Å². The molecule has 1 aliphatic rings. The van der Waals surface area contributed by atoms with Crippen LogP contribution in [0.4, 0.5) is 5.82 Å². The molecule has 0 aliphatic carbocycles. The fourth-order valence-electron chi connectivity index (χ4n) is 2.38. The van der Waals surface area contributed by atoms with Gasteiger partial charge in [0.1, 0.15) is 11.6 Å². The smallest absolute Gasteiger partial charge is 0.133 e. The Labute approximate surface area is 116 Å². The second-order valence-electron chi connectivity index (χ2n) is 5.57. The molecule has 4 nitrogen and oxygen atoms in total. The van der Waals surface area contributed by atoms with Crippen LogP contribution in [0.3, 0.4) is 0 Å². The van der Waals surface area contributed by atoms with Crippen molar-refractivity contribution in [2.24, 2.45) is 0 Å². The highest BCUT2D eigenvalue weighted by Gasteiger charge is 2.14. The summed E-state index contributed by atoms with van der Waals surface area (Å²) in [5.41, 5.74) is 1.19. The van der Waals surface area contributed by atoms with E-state index in [9.17, 15) is 0 Å². The van der Waals surface area contributed by atoms with Crippen LogP contribution in [-0.4, -0.2) is 36.1 Å². The van der Waals surface area contributed by atoms with E-state index in [1.807, 2.05) is 0 Å². The van der Waals surface area contributed by atoms with E-state index in [1.165, 1.54) is 12.1 Å². The first-order chi connectivity index (χ1) is 9.20. The summed E-state index contributed by atoms with van der Waals surface area (Å²) in [4.78, 5) is 11.9. The lowest BCUT2D eigenvalue weighted by molar-refractivity contribution is 0.722. The largest absolute Gasteiger partial charge is 0.355 e. The molecule has 1 aromatic rings. The SMILES string of the molecule is CCCc1cc(N2CCCNCC2)nc(C(C)C)n1. The van der Waals surface area contributed by atoms with Crippen molar-refractivity contribution in [1.82, 2.24) is 15.3 Å². The maximum Gasteiger partial charge on any atom is 0.133 e. The van der Waals surface area contributed by atoms with Crippen molar-refractivity contribution in [3.05, 3.63) is 17.6 Å². The average Bonchev–Trinajstić information content (AvgIpc) is 2.67. The summed E-state index contributed by atoms with van der Waals surface area (Å²) in [5, 5.41) is 3.44. The first kappa shape index (κ1) is 14.3. The van der Waals surface area contributed by atoms with Crippen molar-refractivity contribution in [1.29, 1.82) is 0 Å². The van der Waals surface area contributed by atoms with E-state index in [4.69, 9.17) is 4.98 Å². The van der Waals surface area contributed by atoms with E-state index in [2.05, 4.69) is 42.0 Å². The maximum atomic E-state index is 4.77. The summed E-state index contributed by atoms with van der Waals surface area (Å²) in [6.45, 7) is 10.8. The minimum atomic E-state index is 0.389. The summed E-state index contributed by atoms with van der Waals surface area (Å²) < 4.78 is 0. The highest BCUT2D eigenvalue weighted by molar-refractivity contribution is 5.40. The van der Waals surface area contributed by atoms with Crippen molar-refractivity contribution in [2.45, 2.75) is 46.0 Å². The van der Waals surface area contributed by atoms with Crippen molar-refractivity contribution in [2.75, 3.05) is 31.1 Å². The van der Waals surface area contributed by atoms with Crippen LogP contribution in [0.5, 0.6) is 0 Å². The number of nitrogens with zero attached hydrogens (tertiary/aromatic N) is 3. The lowest BCUT2D eigenvalue weighted by Crippen LogP contribution is -2.29. The van der Waals surface area contributed by atoms with Crippen LogP contribution in [-0.2, 0) is 6.42 Å². The molecular weight excluding hydrogens is 236 g/mol. The van der Waals surface area contributed by atoms with Gasteiger partial charge >= 0.3 is 0 Å². The molecule has 19 heavy (non-hydrogen) atoms. The standard InChI is InChI=1S/C15H26N4/c1-4-6-13-11-14(18-15(17-13)12(2)3)19-9-5-7-16-8-10-19/h11-12,16H,4-10H2,1-3H3. The molecule has 0 amide bonds. The molecule has 0 atom stereocenters. The molecule has 2 rings (SSSR count). The van der Waals surface area contributed by atoms with Crippen LogP contribution in [0, 0.1) is 0 Å². The van der Waals surface area contributed by atoms with E-state index in [0.29, 0.717) is 5.92 Å². The molecule has 0 saturated carbocycles. The Hall–Kier alpha value is -1.16. The van der Waals surface area contributed by atoms with Gasteiger partial charge in [0.2, 0.25) is 0 Å². The molecule has 1 N–H and O–H groups in total. The summed E-state index contributed by atoms with van der Waals surface area (Å²) in [6.07, 6.45) is 3.36. The Kier molecular flexibility index (Phi) is 5.14. The average molecular weight is 262 g/mol. The van der Waals surface area contributed by atoms with Crippen LogP contribution >= 0.6 is 0 Å². The van der Waals surface area contributed by atoms with E-state index in [-0.39, 0.29) is 0 Å². The van der Waals surface area contributed by atoms with E-state index in [0.717, 1.165) is 50.7 Å². The fourth-order valence-corrected chi connectivity index (χ4v) is 2.38. The van der Waals surface area contributed by atoms with Gasteiger partial charge in [0.15, 0.2) is 0 Å².